The molecule has 1 N–H and O–H groups in total. The van der Waals surface area contributed by atoms with Crippen LogP contribution >= 0.6 is 11.3 Å². The van der Waals surface area contributed by atoms with Crippen LogP contribution in [0.2, 0.25) is 0 Å². The molecule has 140 valence electrons. The molecule has 0 radical (unpaired) electrons. The molecule has 0 saturated carbocycles. The maximum Gasteiger partial charge on any atom is 0.387 e. The van der Waals surface area contributed by atoms with Gasteiger partial charge in [-0.25, -0.2) is 0 Å². The van der Waals surface area contributed by atoms with Crippen molar-refractivity contribution in [3.63, 3.8) is 0 Å². The van der Waals surface area contributed by atoms with Crippen molar-refractivity contribution in [3.05, 3.63) is 76.0 Å². The molecule has 4 nitrogen and oxygen atoms in total. The molecule has 0 aliphatic heterocycles. The van der Waals surface area contributed by atoms with Crippen LogP contribution in [0, 0.1) is 6.92 Å². The average molecular weight is 389 g/mol. The fraction of sp³-hybridized carbons (Fsp3) is 0.150. The van der Waals surface area contributed by atoms with Crippen molar-refractivity contribution in [3.8, 4) is 11.5 Å². The van der Waals surface area contributed by atoms with Gasteiger partial charge in [-0.3, -0.25) is 4.79 Å². The number of carbonyl (C=O) groups excluding carboxylic acids is 1. The third kappa shape index (κ3) is 5.52. The first-order valence-corrected chi connectivity index (χ1v) is 9.00. The molecule has 1 aromatic heterocycles. The van der Waals surface area contributed by atoms with Crippen LogP contribution in [-0.2, 0) is 6.61 Å². The van der Waals surface area contributed by atoms with Gasteiger partial charge in [0.2, 0.25) is 0 Å². The van der Waals surface area contributed by atoms with Gasteiger partial charge in [-0.05, 0) is 60.3 Å². The Bertz CT molecular complexity index is 910. The number of amides is 1. The number of rotatable bonds is 7. The maximum atomic E-state index is 12.3. The first-order valence-electron chi connectivity index (χ1n) is 8.13. The largest absolute Gasteiger partial charge is 0.489 e. The third-order valence-electron chi connectivity index (χ3n) is 3.61. The van der Waals surface area contributed by atoms with E-state index in [0.717, 1.165) is 16.9 Å². The number of anilines is 1. The molecule has 1 amide bonds. The standard InChI is InChI=1S/C20H17F2NO3S/c1-13-3-2-4-17(9-13)25-11-14-10-18(27-12-14)19(24)23-15-5-7-16(8-6-15)26-20(21)22/h2-10,12,20H,11H2,1H3,(H,23,24). The minimum atomic E-state index is -2.88. The average Bonchev–Trinajstić information content (AvgIpc) is 3.10. The summed E-state index contributed by atoms with van der Waals surface area (Å²) in [6, 6.07) is 15.3. The van der Waals surface area contributed by atoms with Crippen molar-refractivity contribution < 1.29 is 23.0 Å². The third-order valence-corrected chi connectivity index (χ3v) is 4.59. The van der Waals surface area contributed by atoms with Crippen molar-refractivity contribution >= 4 is 22.9 Å². The van der Waals surface area contributed by atoms with Gasteiger partial charge >= 0.3 is 6.61 Å². The van der Waals surface area contributed by atoms with Crippen molar-refractivity contribution in [2.45, 2.75) is 20.1 Å². The Hall–Kier alpha value is -2.93. The number of ether oxygens (including phenoxy) is 2. The molecule has 0 bridgehead atoms. The summed E-state index contributed by atoms with van der Waals surface area (Å²) in [5.74, 6) is 0.539. The molecule has 0 atom stereocenters. The highest BCUT2D eigenvalue weighted by atomic mass is 32.1. The van der Waals surface area contributed by atoms with Crippen LogP contribution in [0.1, 0.15) is 20.8 Å². The lowest BCUT2D eigenvalue weighted by Crippen LogP contribution is -2.10. The molecule has 7 heteroatoms. The zero-order valence-electron chi connectivity index (χ0n) is 14.4. The normalized spacial score (nSPS) is 10.7. The summed E-state index contributed by atoms with van der Waals surface area (Å²) in [5, 5.41) is 4.59. The Morgan fingerprint density at radius 1 is 1.11 bits per heavy atom. The summed E-state index contributed by atoms with van der Waals surface area (Å²) in [5.41, 5.74) is 2.50. The summed E-state index contributed by atoms with van der Waals surface area (Å²) in [6.45, 7) is -0.518. The molecule has 3 aromatic rings. The Balaban J connectivity index is 1.56. The second-order valence-corrected chi connectivity index (χ2v) is 6.69. The molecule has 27 heavy (non-hydrogen) atoms. The molecule has 0 aliphatic carbocycles. The van der Waals surface area contributed by atoms with Gasteiger partial charge in [0, 0.05) is 11.3 Å². The van der Waals surface area contributed by atoms with Crippen LogP contribution in [0.4, 0.5) is 14.5 Å². The number of hydrogen-bond donors (Lipinski definition) is 1. The van der Waals surface area contributed by atoms with Crippen molar-refractivity contribution in [1.82, 2.24) is 0 Å². The van der Waals surface area contributed by atoms with Crippen LogP contribution in [0.3, 0.4) is 0 Å². The molecule has 0 spiro atoms. The highest BCUT2D eigenvalue weighted by Crippen LogP contribution is 2.21. The monoisotopic (exact) mass is 389 g/mol. The zero-order chi connectivity index (χ0) is 19.2. The Kier molecular flexibility index (Phi) is 6.03. The van der Waals surface area contributed by atoms with Crippen LogP contribution in [0.5, 0.6) is 11.5 Å². The lowest BCUT2D eigenvalue weighted by Gasteiger charge is -2.07. The van der Waals surface area contributed by atoms with Crippen LogP contribution in [0.15, 0.2) is 60.0 Å². The van der Waals surface area contributed by atoms with E-state index in [4.69, 9.17) is 4.74 Å². The predicted octanol–water partition coefficient (Wildman–Crippen LogP) is 5.49. The zero-order valence-corrected chi connectivity index (χ0v) is 15.3. The molecule has 0 unspecified atom stereocenters. The quantitative estimate of drug-likeness (QED) is 0.581. The van der Waals surface area contributed by atoms with Crippen LogP contribution in [-0.4, -0.2) is 12.5 Å². The van der Waals surface area contributed by atoms with Crippen molar-refractivity contribution in [1.29, 1.82) is 0 Å². The SMILES string of the molecule is Cc1cccc(OCc2csc(C(=O)Nc3ccc(OC(F)F)cc3)c2)c1. The van der Waals surface area contributed by atoms with Gasteiger partial charge in [-0.15, -0.1) is 11.3 Å². The summed E-state index contributed by atoms with van der Waals surface area (Å²) in [6.07, 6.45) is 0. The Morgan fingerprint density at radius 3 is 2.59 bits per heavy atom. The highest BCUT2D eigenvalue weighted by Gasteiger charge is 2.11. The fourth-order valence-corrected chi connectivity index (χ4v) is 3.15. The second kappa shape index (κ2) is 8.64. The first kappa shape index (κ1) is 18.8. The van der Waals surface area contributed by atoms with Gasteiger partial charge in [0.1, 0.15) is 18.1 Å². The van der Waals surface area contributed by atoms with Crippen molar-refractivity contribution in [2.24, 2.45) is 0 Å². The molecule has 0 fully saturated rings. The molecule has 3 rings (SSSR count). The van der Waals surface area contributed by atoms with Gasteiger partial charge in [0.15, 0.2) is 0 Å². The number of thiophene rings is 1. The fourth-order valence-electron chi connectivity index (χ4n) is 2.35. The number of halogens is 2. The molecule has 0 aliphatic rings. The smallest absolute Gasteiger partial charge is 0.387 e. The van der Waals surface area contributed by atoms with Gasteiger partial charge in [0.25, 0.3) is 5.91 Å². The van der Waals surface area contributed by atoms with E-state index < -0.39 is 6.61 Å². The van der Waals surface area contributed by atoms with Gasteiger partial charge in [-0.2, -0.15) is 8.78 Å². The minimum Gasteiger partial charge on any atom is -0.489 e. The molecule has 0 saturated heterocycles. The van der Waals surface area contributed by atoms with Gasteiger partial charge in [-0.1, -0.05) is 12.1 Å². The van der Waals surface area contributed by atoms with Crippen LogP contribution < -0.4 is 14.8 Å². The van der Waals surface area contributed by atoms with Crippen LogP contribution in [0.25, 0.3) is 0 Å². The minimum absolute atomic E-state index is 0.0368. The van der Waals surface area contributed by atoms with E-state index in [1.165, 1.54) is 35.6 Å². The lowest BCUT2D eigenvalue weighted by atomic mass is 10.2. The number of nitrogens with one attached hydrogen (secondary N) is 1. The number of carbonyl (C=O) groups is 1. The Labute approximate surface area is 159 Å². The highest BCUT2D eigenvalue weighted by molar-refractivity contribution is 7.12. The molecule has 2 aromatic carbocycles. The van der Waals surface area contributed by atoms with E-state index in [0.29, 0.717) is 17.2 Å². The summed E-state index contributed by atoms with van der Waals surface area (Å²) >= 11 is 1.31. The van der Waals surface area contributed by atoms with Gasteiger partial charge in [0.05, 0.1) is 4.88 Å². The number of hydrogen-bond acceptors (Lipinski definition) is 4. The summed E-state index contributed by atoms with van der Waals surface area (Å²) in [4.78, 5) is 12.8. The lowest BCUT2D eigenvalue weighted by molar-refractivity contribution is -0.0498. The predicted molar refractivity (Wildman–Crippen MR) is 101 cm³/mol. The van der Waals surface area contributed by atoms with E-state index in [9.17, 15) is 13.6 Å². The number of aryl methyl sites for hydroxylation is 1. The second-order valence-electron chi connectivity index (χ2n) is 5.78. The topological polar surface area (TPSA) is 47.6 Å². The number of alkyl halides is 2. The first-order chi connectivity index (χ1) is 13.0. The molecule has 1 heterocycles. The van der Waals surface area contributed by atoms with E-state index in [2.05, 4.69) is 10.1 Å². The summed E-state index contributed by atoms with van der Waals surface area (Å²) < 4.78 is 34.3. The molecular formula is C20H17F2NO3S. The van der Waals surface area contributed by atoms with E-state index >= 15 is 0 Å². The van der Waals surface area contributed by atoms with E-state index in [1.807, 2.05) is 36.6 Å². The summed E-state index contributed by atoms with van der Waals surface area (Å²) in [7, 11) is 0. The number of benzene rings is 2. The van der Waals surface area contributed by atoms with E-state index in [1.54, 1.807) is 6.07 Å². The Morgan fingerprint density at radius 2 is 1.89 bits per heavy atom. The maximum absolute atomic E-state index is 12.3. The van der Waals surface area contributed by atoms with Gasteiger partial charge < -0.3 is 14.8 Å². The molecular weight excluding hydrogens is 372 g/mol. The van der Waals surface area contributed by atoms with Crippen molar-refractivity contribution in [2.75, 3.05) is 5.32 Å². The van der Waals surface area contributed by atoms with E-state index in [-0.39, 0.29) is 11.7 Å².